The Balaban J connectivity index is 2.65. The van der Waals surface area contributed by atoms with Crippen molar-refractivity contribution in [3.8, 4) is 5.75 Å². The molecule has 0 unspecified atom stereocenters. The van der Waals surface area contributed by atoms with Gasteiger partial charge in [-0.25, -0.2) is 0 Å². The fraction of sp³-hybridized carbons (Fsp3) is 0.538. The van der Waals surface area contributed by atoms with Crippen LogP contribution in [0.1, 0.15) is 18.9 Å². The van der Waals surface area contributed by atoms with E-state index < -0.39 is 5.51 Å². The van der Waals surface area contributed by atoms with Crippen molar-refractivity contribution in [2.45, 2.75) is 25.4 Å². The molecule has 1 aromatic carbocycles. The first kappa shape index (κ1) is 18.7. The van der Waals surface area contributed by atoms with Gasteiger partial charge in [-0.3, -0.25) is 0 Å². The van der Waals surface area contributed by atoms with E-state index in [4.69, 9.17) is 27.9 Å². The Morgan fingerprint density at radius 3 is 2.62 bits per heavy atom. The highest BCUT2D eigenvalue weighted by atomic mass is 35.5. The molecule has 1 rings (SSSR count). The minimum atomic E-state index is -4.25. The minimum Gasteiger partial charge on any atom is -0.491 e. The molecule has 0 amide bonds. The topological polar surface area (TPSA) is 21.3 Å². The third-order valence-corrected chi connectivity index (χ3v) is 3.62. The van der Waals surface area contributed by atoms with Crippen LogP contribution in [0.3, 0.4) is 0 Å². The van der Waals surface area contributed by atoms with E-state index in [9.17, 15) is 13.2 Å². The molecule has 0 spiro atoms. The molecule has 0 aliphatic heterocycles. The maximum Gasteiger partial charge on any atom is 0.441 e. The van der Waals surface area contributed by atoms with E-state index in [1.807, 2.05) is 6.92 Å². The number of thioether (sulfide) groups is 1. The number of rotatable bonds is 8. The molecule has 0 saturated heterocycles. The molecule has 0 aromatic heterocycles. The standard InChI is InChI=1S/C13H16Cl2F3NOS/c1-2-3-19-8-9-6-10(14)7-11(15)12(9)20-4-5-21-13(16,17)18/h6-7,19H,2-5,8H2,1H3. The number of ether oxygens (including phenoxy) is 1. The lowest BCUT2D eigenvalue weighted by molar-refractivity contribution is -0.0329. The predicted molar refractivity (Wildman–Crippen MR) is 82.5 cm³/mol. The van der Waals surface area contributed by atoms with Crippen LogP contribution in [-0.2, 0) is 6.54 Å². The lowest BCUT2D eigenvalue weighted by atomic mass is 10.2. The highest BCUT2D eigenvalue weighted by Crippen LogP contribution is 2.34. The molecule has 0 atom stereocenters. The number of halogens is 5. The first-order chi connectivity index (χ1) is 9.83. The van der Waals surface area contributed by atoms with Crippen molar-refractivity contribution < 1.29 is 17.9 Å². The summed E-state index contributed by atoms with van der Waals surface area (Å²) in [5.41, 5.74) is -3.52. The van der Waals surface area contributed by atoms with Crippen LogP contribution in [0.25, 0.3) is 0 Å². The molecule has 0 radical (unpaired) electrons. The Kier molecular flexibility index (Phi) is 8.02. The molecule has 1 aromatic rings. The molecule has 2 nitrogen and oxygen atoms in total. The van der Waals surface area contributed by atoms with E-state index in [0.29, 0.717) is 22.3 Å². The maximum absolute atomic E-state index is 12.1. The number of hydrogen-bond acceptors (Lipinski definition) is 3. The summed E-state index contributed by atoms with van der Waals surface area (Å²) < 4.78 is 41.6. The summed E-state index contributed by atoms with van der Waals surface area (Å²) in [5.74, 6) is 0.192. The van der Waals surface area contributed by atoms with Crippen LogP contribution in [0.15, 0.2) is 12.1 Å². The second-order valence-electron chi connectivity index (χ2n) is 4.20. The molecule has 0 aliphatic carbocycles. The number of alkyl halides is 3. The minimum absolute atomic E-state index is 0.0771. The van der Waals surface area contributed by atoms with Crippen molar-refractivity contribution in [2.24, 2.45) is 0 Å². The van der Waals surface area contributed by atoms with Crippen molar-refractivity contribution in [3.63, 3.8) is 0 Å². The summed E-state index contributed by atoms with van der Waals surface area (Å²) in [6, 6.07) is 3.21. The summed E-state index contributed by atoms with van der Waals surface area (Å²) in [7, 11) is 0. The summed E-state index contributed by atoms with van der Waals surface area (Å²) in [5, 5.41) is 3.94. The van der Waals surface area contributed by atoms with Gasteiger partial charge in [-0.15, -0.1) is 0 Å². The first-order valence-electron chi connectivity index (χ1n) is 6.35. The highest BCUT2D eigenvalue weighted by Gasteiger charge is 2.27. The SMILES string of the molecule is CCCNCc1cc(Cl)cc(Cl)c1OCCSC(F)(F)F. The predicted octanol–water partition coefficient (Wildman–Crippen LogP) is 5.12. The van der Waals surface area contributed by atoms with E-state index in [1.54, 1.807) is 6.07 Å². The summed E-state index contributed by atoms with van der Waals surface area (Å²) in [6.07, 6.45) is 0.965. The molecule has 0 heterocycles. The van der Waals surface area contributed by atoms with Gasteiger partial charge in [0.1, 0.15) is 5.75 Å². The smallest absolute Gasteiger partial charge is 0.441 e. The monoisotopic (exact) mass is 361 g/mol. The molecule has 0 saturated carbocycles. The normalized spacial score (nSPS) is 11.7. The average molecular weight is 362 g/mol. The largest absolute Gasteiger partial charge is 0.491 e. The summed E-state index contributed by atoms with van der Waals surface area (Å²) in [6.45, 7) is 3.26. The van der Waals surface area contributed by atoms with Gasteiger partial charge in [0.25, 0.3) is 0 Å². The van der Waals surface area contributed by atoms with Crippen LogP contribution < -0.4 is 10.1 Å². The Morgan fingerprint density at radius 2 is 2.00 bits per heavy atom. The van der Waals surface area contributed by atoms with Crippen LogP contribution in [0.5, 0.6) is 5.75 Å². The van der Waals surface area contributed by atoms with Crippen LogP contribution in [0, 0.1) is 0 Å². The second-order valence-corrected chi connectivity index (χ2v) is 6.20. The third kappa shape index (κ3) is 7.49. The van der Waals surface area contributed by atoms with Gasteiger partial charge >= 0.3 is 5.51 Å². The second kappa shape index (κ2) is 8.98. The van der Waals surface area contributed by atoms with Gasteiger partial charge in [-0.1, -0.05) is 30.1 Å². The maximum atomic E-state index is 12.1. The molecule has 1 N–H and O–H groups in total. The van der Waals surface area contributed by atoms with Gasteiger partial charge in [0.2, 0.25) is 0 Å². The summed E-state index contributed by atoms with van der Waals surface area (Å²) >= 11 is 11.9. The lowest BCUT2D eigenvalue weighted by Gasteiger charge is -2.14. The van der Waals surface area contributed by atoms with E-state index in [1.165, 1.54) is 6.07 Å². The third-order valence-electron chi connectivity index (χ3n) is 2.42. The molecule has 0 fully saturated rings. The molecule has 0 bridgehead atoms. The van der Waals surface area contributed by atoms with Crippen molar-refractivity contribution in [1.82, 2.24) is 5.32 Å². The van der Waals surface area contributed by atoms with Gasteiger partial charge in [0.05, 0.1) is 11.6 Å². The van der Waals surface area contributed by atoms with Gasteiger partial charge in [-0.2, -0.15) is 13.2 Å². The zero-order chi connectivity index (χ0) is 15.9. The van der Waals surface area contributed by atoms with Crippen molar-refractivity contribution in [1.29, 1.82) is 0 Å². The van der Waals surface area contributed by atoms with Crippen LogP contribution in [0.2, 0.25) is 10.0 Å². The molecular formula is C13H16Cl2F3NOS. The molecule has 8 heteroatoms. The average Bonchev–Trinajstić information content (AvgIpc) is 2.35. The van der Waals surface area contributed by atoms with E-state index >= 15 is 0 Å². The van der Waals surface area contributed by atoms with Crippen molar-refractivity contribution in [3.05, 3.63) is 27.7 Å². The van der Waals surface area contributed by atoms with Crippen molar-refractivity contribution in [2.75, 3.05) is 18.9 Å². The Labute approximate surface area is 136 Å². The number of hydrogen-bond donors (Lipinski definition) is 1. The van der Waals surface area contributed by atoms with Crippen molar-refractivity contribution >= 4 is 35.0 Å². The van der Waals surface area contributed by atoms with Gasteiger partial charge < -0.3 is 10.1 Å². The molecular weight excluding hydrogens is 346 g/mol. The molecule has 120 valence electrons. The fourth-order valence-electron chi connectivity index (χ4n) is 1.61. The number of benzene rings is 1. The molecule has 0 aliphatic rings. The first-order valence-corrected chi connectivity index (χ1v) is 8.09. The zero-order valence-corrected chi connectivity index (χ0v) is 13.7. The highest BCUT2D eigenvalue weighted by molar-refractivity contribution is 8.00. The van der Waals surface area contributed by atoms with E-state index in [-0.39, 0.29) is 24.1 Å². The van der Waals surface area contributed by atoms with Crippen LogP contribution in [-0.4, -0.2) is 24.4 Å². The summed E-state index contributed by atoms with van der Waals surface area (Å²) in [4.78, 5) is 0. The Morgan fingerprint density at radius 1 is 1.29 bits per heavy atom. The van der Waals surface area contributed by atoms with E-state index in [0.717, 1.165) is 18.5 Å². The van der Waals surface area contributed by atoms with Crippen LogP contribution >= 0.6 is 35.0 Å². The zero-order valence-electron chi connectivity index (χ0n) is 11.4. The van der Waals surface area contributed by atoms with E-state index in [2.05, 4.69) is 5.32 Å². The quantitative estimate of drug-likeness (QED) is 0.649. The Bertz CT molecular complexity index is 458. The lowest BCUT2D eigenvalue weighted by Crippen LogP contribution is -2.15. The van der Waals surface area contributed by atoms with Gasteiger partial charge in [0, 0.05) is 22.9 Å². The fourth-order valence-corrected chi connectivity index (χ4v) is 2.60. The van der Waals surface area contributed by atoms with Crippen LogP contribution in [0.4, 0.5) is 13.2 Å². The molecule has 21 heavy (non-hydrogen) atoms. The Hall–Kier alpha value is -0.300. The van der Waals surface area contributed by atoms with Gasteiger partial charge in [0.15, 0.2) is 0 Å². The number of nitrogens with one attached hydrogen (secondary N) is 1. The van der Waals surface area contributed by atoms with Gasteiger partial charge in [-0.05, 0) is 36.9 Å².